The molecule has 0 aromatic heterocycles. The number of allylic oxidation sites excluding steroid dienone is 18. The Morgan fingerprint density at radius 3 is 0.691 bits per heavy atom. The van der Waals surface area contributed by atoms with Gasteiger partial charge < -0.3 is 14.2 Å². The number of esters is 3. The molecular weight excluding hydrogens is 997 g/mol. The van der Waals surface area contributed by atoms with Crippen molar-refractivity contribution in [2.24, 2.45) is 0 Å². The molecule has 0 heterocycles. The molecule has 0 spiro atoms. The Morgan fingerprint density at radius 2 is 0.444 bits per heavy atom. The van der Waals surface area contributed by atoms with Gasteiger partial charge in [-0.3, -0.25) is 14.4 Å². The SMILES string of the molecule is CCCCCCC/C=C\C/C=C\C/C=C\CCCCCCCCC(=O)OCC(COC(=O)CCCCCCCC/C=C\C/C=C\C/C=C\CCCCCCC)OC(=O)CCCCCCCC/C=C\C/C=C\C/C=C\CCCCCCC. The van der Waals surface area contributed by atoms with E-state index >= 15 is 0 Å². The van der Waals surface area contributed by atoms with Crippen LogP contribution in [0.15, 0.2) is 109 Å². The predicted molar refractivity (Wildman–Crippen MR) is 353 cm³/mol. The van der Waals surface area contributed by atoms with Crippen LogP contribution >= 0.6 is 0 Å². The van der Waals surface area contributed by atoms with Gasteiger partial charge in [0.25, 0.3) is 0 Å². The van der Waals surface area contributed by atoms with Gasteiger partial charge >= 0.3 is 17.9 Å². The second kappa shape index (κ2) is 68.6. The van der Waals surface area contributed by atoms with Gasteiger partial charge in [-0.15, -0.1) is 0 Å². The highest BCUT2D eigenvalue weighted by molar-refractivity contribution is 5.71. The van der Waals surface area contributed by atoms with Crippen LogP contribution in [0.5, 0.6) is 0 Å². The minimum atomic E-state index is -0.801. The summed E-state index contributed by atoms with van der Waals surface area (Å²) in [6, 6.07) is 0. The smallest absolute Gasteiger partial charge is 0.306 e. The molecule has 81 heavy (non-hydrogen) atoms. The van der Waals surface area contributed by atoms with E-state index in [9.17, 15) is 14.4 Å². The van der Waals surface area contributed by atoms with Crippen LogP contribution in [0.2, 0.25) is 0 Å². The Morgan fingerprint density at radius 1 is 0.247 bits per heavy atom. The lowest BCUT2D eigenvalue weighted by Gasteiger charge is -2.18. The van der Waals surface area contributed by atoms with Gasteiger partial charge in [0, 0.05) is 19.3 Å². The third-order valence-electron chi connectivity index (χ3n) is 14.7. The van der Waals surface area contributed by atoms with E-state index in [4.69, 9.17) is 14.2 Å². The fraction of sp³-hybridized carbons (Fsp3) is 0.720. The minimum absolute atomic E-state index is 0.0955. The molecule has 0 radical (unpaired) electrons. The highest BCUT2D eigenvalue weighted by Gasteiger charge is 2.19. The summed E-state index contributed by atoms with van der Waals surface area (Å²) in [7, 11) is 0. The maximum Gasteiger partial charge on any atom is 0.306 e. The first kappa shape index (κ1) is 77.1. The molecule has 0 bridgehead atoms. The fourth-order valence-electron chi connectivity index (χ4n) is 9.52. The monoisotopic (exact) mass is 1120 g/mol. The second-order valence-electron chi connectivity index (χ2n) is 22.7. The second-order valence-corrected chi connectivity index (χ2v) is 22.7. The molecule has 0 rings (SSSR count). The van der Waals surface area contributed by atoms with E-state index in [1.54, 1.807) is 0 Å². The molecule has 0 aliphatic heterocycles. The van der Waals surface area contributed by atoms with E-state index in [2.05, 4.69) is 130 Å². The predicted octanol–water partition coefficient (Wildman–Crippen LogP) is 23.8. The van der Waals surface area contributed by atoms with Crippen LogP contribution in [0.4, 0.5) is 0 Å². The Hall–Kier alpha value is -3.93. The maximum atomic E-state index is 13.0. The van der Waals surface area contributed by atoms with Crippen LogP contribution in [-0.4, -0.2) is 37.2 Å². The average Bonchev–Trinajstić information content (AvgIpc) is 3.47. The van der Waals surface area contributed by atoms with Gasteiger partial charge in [-0.25, -0.2) is 0 Å². The zero-order valence-corrected chi connectivity index (χ0v) is 53.3. The average molecular weight is 1130 g/mol. The zero-order valence-electron chi connectivity index (χ0n) is 53.3. The van der Waals surface area contributed by atoms with E-state index in [1.807, 2.05) is 0 Å². The molecule has 0 aliphatic rings. The van der Waals surface area contributed by atoms with Gasteiger partial charge in [-0.05, 0) is 135 Å². The Labute approximate surface area is 501 Å². The largest absolute Gasteiger partial charge is 0.462 e. The summed E-state index contributed by atoms with van der Waals surface area (Å²) in [6.07, 6.45) is 93.7. The van der Waals surface area contributed by atoms with Gasteiger partial charge in [0.1, 0.15) is 13.2 Å². The standard InChI is InChI=1S/C75H128O6/c1-4-7-10-13-16-19-22-25-28-31-34-37-40-43-46-49-52-55-58-61-64-67-73(76)79-70-72(81-75(78)69-66-63-60-57-54-51-48-45-42-39-36-33-30-27-24-21-18-15-12-9-6-3)71-80-74(77)68-65-62-59-56-53-50-47-44-41-38-35-32-29-26-23-20-17-14-11-8-5-2/h22-27,31-36,40-45,72H,4-21,28-30,37-39,46-71H2,1-3H3/b25-22-,26-23-,27-24-,34-31-,35-32-,36-33-,43-40-,44-41-,45-42-. The van der Waals surface area contributed by atoms with E-state index < -0.39 is 6.10 Å². The van der Waals surface area contributed by atoms with E-state index in [1.165, 1.54) is 167 Å². The summed E-state index contributed by atoms with van der Waals surface area (Å²) in [5.74, 6) is -0.922. The van der Waals surface area contributed by atoms with Crippen LogP contribution in [0.25, 0.3) is 0 Å². The Kier molecular flexibility index (Phi) is 65.2. The van der Waals surface area contributed by atoms with Crippen molar-refractivity contribution in [1.29, 1.82) is 0 Å². The van der Waals surface area contributed by atoms with Gasteiger partial charge in [0.15, 0.2) is 6.10 Å². The number of carbonyl (C=O) groups excluding carboxylic acids is 3. The maximum absolute atomic E-state index is 13.0. The van der Waals surface area contributed by atoms with E-state index in [-0.39, 0.29) is 31.1 Å². The first-order valence-corrected chi connectivity index (χ1v) is 34.4. The van der Waals surface area contributed by atoms with Crippen LogP contribution < -0.4 is 0 Å². The zero-order chi connectivity index (χ0) is 58.5. The fourth-order valence-corrected chi connectivity index (χ4v) is 9.52. The van der Waals surface area contributed by atoms with Crippen molar-refractivity contribution in [3.63, 3.8) is 0 Å². The lowest BCUT2D eigenvalue weighted by atomic mass is 10.1. The molecule has 0 fully saturated rings. The third-order valence-corrected chi connectivity index (χ3v) is 14.7. The molecule has 0 aromatic carbocycles. The summed E-state index contributed by atoms with van der Waals surface area (Å²) in [5, 5.41) is 0. The molecule has 0 unspecified atom stereocenters. The molecule has 464 valence electrons. The Bertz CT molecular complexity index is 1540. The topological polar surface area (TPSA) is 78.9 Å². The molecule has 0 saturated heterocycles. The first-order chi connectivity index (χ1) is 40.0. The molecule has 6 nitrogen and oxygen atoms in total. The van der Waals surface area contributed by atoms with Crippen molar-refractivity contribution in [3.05, 3.63) is 109 Å². The summed E-state index contributed by atoms with van der Waals surface area (Å²) in [5.41, 5.74) is 0. The third kappa shape index (κ3) is 66.8. The van der Waals surface area contributed by atoms with Crippen molar-refractivity contribution in [3.8, 4) is 0 Å². The summed E-state index contributed by atoms with van der Waals surface area (Å²) < 4.78 is 17.0. The molecule has 0 atom stereocenters. The highest BCUT2D eigenvalue weighted by atomic mass is 16.6. The lowest BCUT2D eigenvalue weighted by Crippen LogP contribution is -2.30. The van der Waals surface area contributed by atoms with Gasteiger partial charge in [0.2, 0.25) is 0 Å². The molecule has 6 heteroatoms. The summed E-state index contributed by atoms with van der Waals surface area (Å²) in [6.45, 7) is 6.60. The van der Waals surface area contributed by atoms with Crippen LogP contribution in [0, 0.1) is 0 Å². The quantitative estimate of drug-likeness (QED) is 0.0261. The first-order valence-electron chi connectivity index (χ1n) is 34.4. The van der Waals surface area contributed by atoms with Crippen molar-refractivity contribution >= 4 is 17.9 Å². The van der Waals surface area contributed by atoms with Crippen molar-refractivity contribution < 1.29 is 28.6 Å². The number of rotatable bonds is 62. The van der Waals surface area contributed by atoms with E-state index in [0.717, 1.165) is 122 Å². The number of unbranched alkanes of at least 4 members (excludes halogenated alkanes) is 33. The molecule has 0 aromatic rings. The molecule has 0 aliphatic carbocycles. The molecule has 0 saturated carbocycles. The highest BCUT2D eigenvalue weighted by Crippen LogP contribution is 2.15. The van der Waals surface area contributed by atoms with E-state index in [0.29, 0.717) is 19.3 Å². The molecule has 0 N–H and O–H groups in total. The Balaban J connectivity index is 4.48. The number of hydrogen-bond acceptors (Lipinski definition) is 6. The summed E-state index contributed by atoms with van der Waals surface area (Å²) in [4.78, 5) is 38.5. The number of hydrogen-bond donors (Lipinski definition) is 0. The molecule has 0 amide bonds. The van der Waals surface area contributed by atoms with Crippen LogP contribution in [-0.2, 0) is 28.6 Å². The number of carbonyl (C=O) groups is 3. The van der Waals surface area contributed by atoms with Crippen molar-refractivity contribution in [1.82, 2.24) is 0 Å². The van der Waals surface area contributed by atoms with Gasteiger partial charge in [-0.2, -0.15) is 0 Å². The lowest BCUT2D eigenvalue weighted by molar-refractivity contribution is -0.167. The number of ether oxygens (including phenoxy) is 3. The van der Waals surface area contributed by atoms with Gasteiger partial charge in [0.05, 0.1) is 0 Å². The van der Waals surface area contributed by atoms with Crippen LogP contribution in [0.3, 0.4) is 0 Å². The minimum Gasteiger partial charge on any atom is -0.462 e. The van der Waals surface area contributed by atoms with Crippen molar-refractivity contribution in [2.75, 3.05) is 13.2 Å². The van der Waals surface area contributed by atoms with Crippen LogP contribution in [0.1, 0.15) is 329 Å². The normalized spacial score (nSPS) is 12.4. The molecular formula is C75H128O6. The van der Waals surface area contributed by atoms with Gasteiger partial charge in [-0.1, -0.05) is 284 Å². The van der Waals surface area contributed by atoms with Crippen molar-refractivity contribution in [2.45, 2.75) is 335 Å². The summed E-state index contributed by atoms with van der Waals surface area (Å²) >= 11 is 0.